The quantitative estimate of drug-likeness (QED) is 0.0242. The molecule has 0 aliphatic carbocycles. The van der Waals surface area contributed by atoms with Gasteiger partial charge < -0.3 is 108 Å². The summed E-state index contributed by atoms with van der Waals surface area (Å²) in [5, 5.41) is 26.5. The lowest BCUT2D eigenvalue weighted by Gasteiger charge is -2.33. The molecule has 3 aliphatic rings. The van der Waals surface area contributed by atoms with Gasteiger partial charge in [-0.2, -0.15) is 0 Å². The molecule has 35 heteroatoms. The zero-order valence-corrected chi connectivity index (χ0v) is 69.8. The highest BCUT2D eigenvalue weighted by Crippen LogP contribution is 2.27. The van der Waals surface area contributed by atoms with Gasteiger partial charge in [0.1, 0.15) is 72.5 Å². The van der Waals surface area contributed by atoms with Crippen LogP contribution >= 0.6 is 0 Å². The van der Waals surface area contributed by atoms with Crippen LogP contribution in [0.4, 0.5) is 0 Å². The number of aromatic nitrogens is 1. The number of carbonyl (C=O) groups is 13. The Kier molecular flexibility index (Phi) is 39.5. The number of guanidine groups is 2. The summed E-state index contributed by atoms with van der Waals surface area (Å²) in [6, 6.07) is -7.49. The molecule has 35 nitrogen and oxygen atoms in total. The SMILES string of the molecule is CC[C@H](C)[C@H](N)C(=O)N[C@@H](CC(C)C)C(=O)N1CCC[C@H]1C(=O)N[C@@H](CC(C)C)C(=O)N[C@@H](CCCCN)C(=O)N[C@@H](CC(C)C)C(=O)N1CCC[C@H]1C(=O)N[C@@H](CC(C)C)C(=O)N[C@@H](CC(C)C)C(=O)N1CCC[C@H]1C(=O)N[C@@H](Cc1c[nH]c2ccccc12)C(=O)N[C@@H](CCCN=C(N)N)C(=O)N[C@@H](CCCN=C(N)N)C(N)=O. The standard InChI is InChI=1S/C80H136N22O13/c1-13-49(12)65(82)75(112)99-61(41-48(10)11)78(115)102-36-21-29-63(102)72(109)94-56(37-44(2)3)69(106)92-54(25-16-17-31-81)68(105)97-59(39-46(6)7)76(113)100-34-20-28-62(100)73(110)95-57(38-45(4)5)70(107)98-60(40-47(8)9)77(114)101-35-22-30-64(101)74(111)96-58(42-50-43-90-52-24-15-14-23-51(50)52)71(108)93-55(27-19-33-89-80(86)87)67(104)91-53(66(83)103)26-18-32-88-79(84)85/h14-15,23-24,43-49,53-65,90H,13,16-22,25-42,81-82H2,1-12H3,(H2,83,103)(H,91,104)(H,92,106)(H,93,108)(H,94,109)(H,95,110)(H,96,111)(H,97,105)(H,98,107)(H,99,112)(H4,84,85,88)(H4,86,87,89)/t49-,53-,54-,55-,56-,57-,58-,59-,60-,61-,62-,63-,64-,65-/m0/s1. The van der Waals surface area contributed by atoms with Gasteiger partial charge in [0.25, 0.3) is 0 Å². The summed E-state index contributed by atoms with van der Waals surface area (Å²) in [4.78, 5) is 203. The zero-order chi connectivity index (χ0) is 85.5. The average molecular weight is 1610 g/mol. The third kappa shape index (κ3) is 30.5. The van der Waals surface area contributed by atoms with Crippen molar-refractivity contribution in [1.29, 1.82) is 0 Å². The molecule has 14 atom stereocenters. The molecule has 0 bridgehead atoms. The highest BCUT2D eigenvalue weighted by molar-refractivity contribution is 6.01. The molecule has 4 heterocycles. The number of hydrogen-bond donors (Lipinski definition) is 17. The van der Waals surface area contributed by atoms with Crippen LogP contribution in [0.15, 0.2) is 40.4 Å². The van der Waals surface area contributed by atoms with E-state index in [0.717, 1.165) is 10.9 Å². The van der Waals surface area contributed by atoms with Gasteiger partial charge in [0.2, 0.25) is 76.8 Å². The first-order valence-electron chi connectivity index (χ1n) is 41.4. The Morgan fingerprint density at radius 1 is 0.435 bits per heavy atom. The second-order valence-corrected chi connectivity index (χ2v) is 33.3. The Hall–Kier alpha value is -9.67. The van der Waals surface area contributed by atoms with Crippen molar-refractivity contribution in [2.75, 3.05) is 39.3 Å². The fraction of sp³-hybridized carbons (Fsp3) is 0.713. The fourth-order valence-electron chi connectivity index (χ4n) is 15.0. The monoisotopic (exact) mass is 1610 g/mol. The summed E-state index contributed by atoms with van der Waals surface area (Å²) in [6.07, 6.45) is 6.54. The number of nitrogens with zero attached hydrogens (tertiary/aromatic N) is 5. The van der Waals surface area contributed by atoms with Crippen molar-refractivity contribution >= 4 is 99.6 Å². The van der Waals surface area contributed by atoms with E-state index in [-0.39, 0.29) is 164 Å². The van der Waals surface area contributed by atoms with Crippen LogP contribution < -0.4 is 88.0 Å². The third-order valence-electron chi connectivity index (χ3n) is 21.2. The molecule has 0 spiro atoms. The number of carbonyl (C=O) groups excluding carboxylic acids is 13. The molecule has 24 N–H and O–H groups in total. The molecule has 1 aromatic carbocycles. The molecular formula is C80H136N22O13. The van der Waals surface area contributed by atoms with E-state index < -0.39 is 155 Å². The highest BCUT2D eigenvalue weighted by atomic mass is 16.2. The zero-order valence-electron chi connectivity index (χ0n) is 69.8. The lowest BCUT2D eigenvalue weighted by atomic mass is 9.97. The van der Waals surface area contributed by atoms with Crippen LogP contribution in [-0.4, -0.2) is 226 Å². The van der Waals surface area contributed by atoms with Crippen LogP contribution in [0.1, 0.15) is 211 Å². The number of H-pyrrole nitrogens is 1. The molecule has 3 aliphatic heterocycles. The number of benzene rings is 1. The number of hydrogen-bond acceptors (Lipinski definition) is 17. The molecule has 3 saturated heterocycles. The minimum atomic E-state index is -1.36. The number of aromatic amines is 1. The molecule has 644 valence electrons. The van der Waals surface area contributed by atoms with Gasteiger partial charge in [-0.05, 0) is 169 Å². The highest BCUT2D eigenvalue weighted by Gasteiger charge is 2.45. The first-order chi connectivity index (χ1) is 54.3. The predicted molar refractivity (Wildman–Crippen MR) is 440 cm³/mol. The van der Waals surface area contributed by atoms with E-state index in [2.05, 4.69) is 62.8 Å². The van der Waals surface area contributed by atoms with Crippen molar-refractivity contribution in [2.24, 2.45) is 85.6 Å². The maximum absolute atomic E-state index is 15.1. The number of fused-ring (bicyclic) bond motifs is 1. The molecule has 1 aromatic heterocycles. The molecular weight excluding hydrogens is 1480 g/mol. The Bertz CT molecular complexity index is 3650. The Morgan fingerprint density at radius 3 is 1.16 bits per heavy atom. The second-order valence-electron chi connectivity index (χ2n) is 33.3. The van der Waals surface area contributed by atoms with Crippen molar-refractivity contribution in [2.45, 2.75) is 290 Å². The van der Waals surface area contributed by atoms with Gasteiger partial charge >= 0.3 is 0 Å². The molecule has 0 saturated carbocycles. The van der Waals surface area contributed by atoms with Gasteiger partial charge in [0.05, 0.1) is 6.04 Å². The Labute approximate surface area is 677 Å². The van der Waals surface area contributed by atoms with E-state index in [1.54, 1.807) is 6.20 Å². The molecule has 5 rings (SSSR count). The number of primary amides is 1. The van der Waals surface area contributed by atoms with E-state index >= 15 is 9.59 Å². The molecule has 3 fully saturated rings. The predicted octanol–water partition coefficient (Wildman–Crippen LogP) is 0.372. The minimum Gasteiger partial charge on any atom is -0.370 e. The number of para-hydroxylation sites is 1. The normalized spacial score (nSPS) is 18.4. The van der Waals surface area contributed by atoms with Crippen molar-refractivity contribution < 1.29 is 62.3 Å². The Morgan fingerprint density at radius 2 is 0.774 bits per heavy atom. The minimum absolute atomic E-state index is 0.00114. The van der Waals surface area contributed by atoms with Gasteiger partial charge in [0.15, 0.2) is 11.9 Å². The van der Waals surface area contributed by atoms with Crippen molar-refractivity contribution in [3.8, 4) is 0 Å². The Balaban J connectivity index is 1.34. The fourth-order valence-corrected chi connectivity index (χ4v) is 15.0. The molecule has 2 aromatic rings. The molecule has 13 amide bonds. The van der Waals surface area contributed by atoms with Gasteiger partial charge in [-0.1, -0.05) is 108 Å². The number of rotatable bonds is 48. The van der Waals surface area contributed by atoms with Gasteiger partial charge in [-0.25, -0.2) is 0 Å². The number of nitrogens with one attached hydrogen (secondary N) is 10. The van der Waals surface area contributed by atoms with Gasteiger partial charge in [-0.15, -0.1) is 0 Å². The first-order valence-corrected chi connectivity index (χ1v) is 41.4. The van der Waals surface area contributed by atoms with Crippen LogP contribution in [0, 0.1) is 35.5 Å². The summed E-state index contributed by atoms with van der Waals surface area (Å²) in [7, 11) is 0. The van der Waals surface area contributed by atoms with Crippen LogP contribution in [-0.2, 0) is 68.7 Å². The molecule has 0 radical (unpaired) electrons. The van der Waals surface area contributed by atoms with E-state index in [4.69, 9.17) is 40.1 Å². The van der Waals surface area contributed by atoms with Crippen LogP contribution in [0.5, 0.6) is 0 Å². The summed E-state index contributed by atoms with van der Waals surface area (Å²) >= 11 is 0. The summed E-state index contributed by atoms with van der Waals surface area (Å²) < 4.78 is 0. The lowest BCUT2D eigenvalue weighted by Crippen LogP contribution is -2.61. The van der Waals surface area contributed by atoms with Crippen LogP contribution in [0.25, 0.3) is 10.9 Å². The van der Waals surface area contributed by atoms with Gasteiger partial charge in [0, 0.05) is 56.2 Å². The second kappa shape index (κ2) is 47.4. The van der Waals surface area contributed by atoms with E-state index in [9.17, 15) is 52.7 Å². The topological polar surface area (TPSA) is 563 Å². The number of amides is 13. The van der Waals surface area contributed by atoms with Crippen molar-refractivity contribution in [3.05, 3.63) is 36.0 Å². The summed E-state index contributed by atoms with van der Waals surface area (Å²) in [5.74, 6) is -9.52. The number of aliphatic imine (C=N–C) groups is 2. The largest absolute Gasteiger partial charge is 0.370 e. The number of nitrogens with two attached hydrogens (primary N) is 7. The maximum Gasteiger partial charge on any atom is 0.245 e. The van der Waals surface area contributed by atoms with E-state index in [1.807, 2.05) is 107 Å². The van der Waals surface area contributed by atoms with E-state index in [1.165, 1.54) is 14.7 Å². The van der Waals surface area contributed by atoms with Gasteiger partial charge in [-0.3, -0.25) is 72.3 Å². The van der Waals surface area contributed by atoms with Crippen LogP contribution in [0.3, 0.4) is 0 Å². The smallest absolute Gasteiger partial charge is 0.245 e. The third-order valence-corrected chi connectivity index (χ3v) is 21.2. The lowest BCUT2D eigenvalue weighted by molar-refractivity contribution is -0.144. The van der Waals surface area contributed by atoms with Crippen molar-refractivity contribution in [1.82, 2.24) is 67.5 Å². The summed E-state index contributed by atoms with van der Waals surface area (Å²) in [5.41, 5.74) is 41.4. The summed E-state index contributed by atoms with van der Waals surface area (Å²) in [6.45, 7) is 23.6. The van der Waals surface area contributed by atoms with Crippen LogP contribution in [0.2, 0.25) is 0 Å². The number of unbranched alkanes of at least 4 members (excludes halogenated alkanes) is 1. The first kappa shape index (κ1) is 95.9. The molecule has 0 unspecified atom stereocenters. The number of likely N-dealkylation sites (tertiary alicyclic amines) is 3. The van der Waals surface area contributed by atoms with E-state index in [0.29, 0.717) is 56.9 Å². The molecule has 115 heavy (non-hydrogen) atoms. The van der Waals surface area contributed by atoms with Crippen molar-refractivity contribution in [3.63, 3.8) is 0 Å². The maximum atomic E-state index is 15.1. The average Bonchev–Trinajstić information content (AvgIpc) is 1.72.